The van der Waals surface area contributed by atoms with E-state index in [9.17, 15) is 14.7 Å². The number of hydrogen-bond donors (Lipinski definition) is 2. The SMILES string of the molecule is Cc1ccc(Cl)c(C(=O)Nc2cccc3c(=O)n(CC(C)O)ccc23)c1. The predicted octanol–water partition coefficient (Wildman–Crippen LogP) is 3.60. The number of hydrogen-bond acceptors (Lipinski definition) is 3. The number of rotatable bonds is 4. The summed E-state index contributed by atoms with van der Waals surface area (Å²) in [6, 6.07) is 12.1. The van der Waals surface area contributed by atoms with Gasteiger partial charge in [-0.3, -0.25) is 9.59 Å². The van der Waals surface area contributed by atoms with Crippen LogP contribution in [0, 0.1) is 6.92 Å². The van der Waals surface area contributed by atoms with Crippen molar-refractivity contribution < 1.29 is 9.90 Å². The van der Waals surface area contributed by atoms with Crippen LogP contribution in [0.3, 0.4) is 0 Å². The lowest BCUT2D eigenvalue weighted by Crippen LogP contribution is -2.25. The van der Waals surface area contributed by atoms with Crippen molar-refractivity contribution in [3.63, 3.8) is 0 Å². The molecular weight excluding hydrogens is 352 g/mol. The van der Waals surface area contributed by atoms with Gasteiger partial charge < -0.3 is 15.0 Å². The smallest absolute Gasteiger partial charge is 0.258 e. The summed E-state index contributed by atoms with van der Waals surface area (Å²) in [5, 5.41) is 13.8. The first-order valence-corrected chi connectivity index (χ1v) is 8.62. The molecule has 0 radical (unpaired) electrons. The first kappa shape index (κ1) is 18.2. The van der Waals surface area contributed by atoms with Crippen LogP contribution in [0.2, 0.25) is 5.02 Å². The van der Waals surface area contributed by atoms with E-state index in [1.807, 2.05) is 13.0 Å². The highest BCUT2D eigenvalue weighted by molar-refractivity contribution is 6.34. The highest BCUT2D eigenvalue weighted by Crippen LogP contribution is 2.23. The largest absolute Gasteiger partial charge is 0.392 e. The third-order valence-electron chi connectivity index (χ3n) is 4.09. The van der Waals surface area contributed by atoms with Gasteiger partial charge in [-0.15, -0.1) is 0 Å². The van der Waals surface area contributed by atoms with Gasteiger partial charge in [0.25, 0.3) is 11.5 Å². The molecule has 0 aliphatic rings. The van der Waals surface area contributed by atoms with Crippen molar-refractivity contribution in [2.24, 2.45) is 0 Å². The third kappa shape index (κ3) is 3.64. The molecule has 2 N–H and O–H groups in total. The van der Waals surface area contributed by atoms with Crippen molar-refractivity contribution in [3.05, 3.63) is 75.2 Å². The van der Waals surface area contributed by atoms with Crippen LogP contribution in [0.5, 0.6) is 0 Å². The molecule has 1 atom stereocenters. The van der Waals surface area contributed by atoms with Gasteiger partial charge in [0, 0.05) is 22.7 Å². The summed E-state index contributed by atoms with van der Waals surface area (Å²) >= 11 is 6.13. The summed E-state index contributed by atoms with van der Waals surface area (Å²) in [7, 11) is 0. The zero-order chi connectivity index (χ0) is 18.8. The molecule has 26 heavy (non-hydrogen) atoms. The molecular formula is C20H19ClN2O3. The number of nitrogens with one attached hydrogen (secondary N) is 1. The van der Waals surface area contributed by atoms with Crippen molar-refractivity contribution in [2.45, 2.75) is 26.5 Å². The van der Waals surface area contributed by atoms with Crippen molar-refractivity contribution in [3.8, 4) is 0 Å². The van der Waals surface area contributed by atoms with Crippen LogP contribution in [-0.4, -0.2) is 21.7 Å². The molecule has 5 nitrogen and oxygen atoms in total. The Kier molecular flexibility index (Phi) is 5.11. The number of aromatic nitrogens is 1. The summed E-state index contributed by atoms with van der Waals surface area (Å²) in [6.45, 7) is 3.72. The third-order valence-corrected chi connectivity index (χ3v) is 4.42. The molecule has 0 fully saturated rings. The number of fused-ring (bicyclic) bond motifs is 1. The Labute approximate surface area is 155 Å². The first-order valence-electron chi connectivity index (χ1n) is 8.24. The fourth-order valence-electron chi connectivity index (χ4n) is 2.86. The van der Waals surface area contributed by atoms with E-state index in [-0.39, 0.29) is 18.0 Å². The Hall–Kier alpha value is -2.63. The summed E-state index contributed by atoms with van der Waals surface area (Å²) < 4.78 is 1.45. The van der Waals surface area contributed by atoms with Crippen molar-refractivity contribution >= 4 is 34.0 Å². The molecule has 0 saturated carbocycles. The number of halogens is 1. The normalized spacial score (nSPS) is 12.2. The second-order valence-corrected chi connectivity index (χ2v) is 6.73. The van der Waals surface area contributed by atoms with Crippen molar-refractivity contribution in [1.29, 1.82) is 0 Å². The summed E-state index contributed by atoms with van der Waals surface area (Å²) in [5.41, 5.74) is 1.63. The minimum absolute atomic E-state index is 0.213. The number of carbonyl (C=O) groups is 1. The van der Waals surface area contributed by atoms with Gasteiger partial charge in [0.1, 0.15) is 0 Å². The maximum Gasteiger partial charge on any atom is 0.258 e. The van der Waals surface area contributed by atoms with E-state index in [1.165, 1.54) is 4.57 Å². The van der Waals surface area contributed by atoms with Gasteiger partial charge in [-0.1, -0.05) is 29.3 Å². The lowest BCUT2D eigenvalue weighted by atomic mass is 10.1. The van der Waals surface area contributed by atoms with Gasteiger partial charge in [-0.05, 0) is 44.2 Å². The van der Waals surface area contributed by atoms with E-state index in [1.54, 1.807) is 49.5 Å². The Morgan fingerprint density at radius 3 is 2.73 bits per heavy atom. The van der Waals surface area contributed by atoms with E-state index in [2.05, 4.69) is 5.32 Å². The van der Waals surface area contributed by atoms with Crippen LogP contribution in [0.15, 0.2) is 53.5 Å². The van der Waals surface area contributed by atoms with Crippen LogP contribution < -0.4 is 10.9 Å². The molecule has 1 unspecified atom stereocenters. The lowest BCUT2D eigenvalue weighted by molar-refractivity contribution is 0.102. The number of aliphatic hydroxyl groups excluding tert-OH is 1. The minimum atomic E-state index is -0.628. The second-order valence-electron chi connectivity index (χ2n) is 6.33. The molecule has 134 valence electrons. The molecule has 0 saturated heterocycles. The first-order chi connectivity index (χ1) is 12.4. The van der Waals surface area contributed by atoms with Crippen LogP contribution in [-0.2, 0) is 6.54 Å². The molecule has 3 rings (SSSR count). The molecule has 2 aromatic carbocycles. The lowest BCUT2D eigenvalue weighted by Gasteiger charge is -2.13. The predicted molar refractivity (Wildman–Crippen MR) is 104 cm³/mol. The summed E-state index contributed by atoms with van der Waals surface area (Å²) in [4.78, 5) is 25.2. The van der Waals surface area contributed by atoms with Crippen LogP contribution in [0.1, 0.15) is 22.8 Å². The van der Waals surface area contributed by atoms with Gasteiger partial charge in [-0.25, -0.2) is 0 Å². The van der Waals surface area contributed by atoms with Crippen molar-refractivity contribution in [1.82, 2.24) is 4.57 Å². The number of anilines is 1. The number of benzene rings is 2. The maximum atomic E-state index is 12.6. The fraction of sp³-hybridized carbons (Fsp3) is 0.200. The Bertz CT molecular complexity index is 1040. The highest BCUT2D eigenvalue weighted by atomic mass is 35.5. The Morgan fingerprint density at radius 1 is 1.23 bits per heavy atom. The molecule has 0 aliphatic carbocycles. The quantitative estimate of drug-likeness (QED) is 0.737. The van der Waals surface area contributed by atoms with Gasteiger partial charge in [0.15, 0.2) is 0 Å². The molecule has 6 heteroatoms. The molecule has 0 aliphatic heterocycles. The number of amides is 1. The standard InChI is InChI=1S/C20H19ClN2O3/c1-12-6-7-17(21)16(10-12)19(25)22-18-5-3-4-15-14(18)8-9-23(20(15)26)11-13(2)24/h3-10,13,24H,11H2,1-2H3,(H,22,25). The van der Waals surface area contributed by atoms with Gasteiger partial charge in [-0.2, -0.15) is 0 Å². The van der Waals surface area contributed by atoms with Crippen LogP contribution in [0.4, 0.5) is 5.69 Å². The van der Waals surface area contributed by atoms with Gasteiger partial charge >= 0.3 is 0 Å². The number of pyridine rings is 1. The summed E-state index contributed by atoms with van der Waals surface area (Å²) in [5.74, 6) is -0.334. The van der Waals surface area contributed by atoms with Crippen LogP contribution >= 0.6 is 11.6 Å². The molecule has 1 heterocycles. The monoisotopic (exact) mass is 370 g/mol. The Balaban J connectivity index is 2.01. The average Bonchev–Trinajstić information content (AvgIpc) is 2.59. The van der Waals surface area contributed by atoms with E-state index in [0.717, 1.165) is 5.56 Å². The zero-order valence-electron chi connectivity index (χ0n) is 14.5. The Morgan fingerprint density at radius 2 is 2.00 bits per heavy atom. The number of carbonyl (C=O) groups excluding carboxylic acids is 1. The van der Waals surface area contributed by atoms with E-state index >= 15 is 0 Å². The molecule has 3 aromatic rings. The van der Waals surface area contributed by atoms with Crippen molar-refractivity contribution in [2.75, 3.05) is 5.32 Å². The summed E-state index contributed by atoms with van der Waals surface area (Å²) in [6.07, 6.45) is 0.990. The number of aliphatic hydroxyl groups is 1. The second kappa shape index (κ2) is 7.32. The average molecular weight is 371 g/mol. The highest BCUT2D eigenvalue weighted by Gasteiger charge is 2.14. The van der Waals surface area contributed by atoms with E-state index in [4.69, 9.17) is 11.6 Å². The topological polar surface area (TPSA) is 71.3 Å². The number of nitrogens with zero attached hydrogens (tertiary/aromatic N) is 1. The molecule has 0 spiro atoms. The van der Waals surface area contributed by atoms with Crippen LogP contribution in [0.25, 0.3) is 10.8 Å². The minimum Gasteiger partial charge on any atom is -0.392 e. The van der Waals surface area contributed by atoms with E-state index < -0.39 is 6.10 Å². The molecule has 1 amide bonds. The molecule has 0 bridgehead atoms. The van der Waals surface area contributed by atoms with Gasteiger partial charge in [0.2, 0.25) is 0 Å². The zero-order valence-corrected chi connectivity index (χ0v) is 15.2. The van der Waals surface area contributed by atoms with E-state index in [0.29, 0.717) is 27.0 Å². The number of aryl methyl sites for hydroxylation is 1. The van der Waals surface area contributed by atoms with Gasteiger partial charge in [0.05, 0.1) is 23.2 Å². The maximum absolute atomic E-state index is 12.6. The fourth-order valence-corrected chi connectivity index (χ4v) is 3.06. The molecule has 1 aromatic heterocycles.